The average molecular weight is 444 g/mol. The van der Waals surface area contributed by atoms with Crippen molar-refractivity contribution in [2.75, 3.05) is 14.2 Å². The first-order valence-corrected chi connectivity index (χ1v) is 9.25. The van der Waals surface area contributed by atoms with E-state index >= 15 is 0 Å². The van der Waals surface area contributed by atoms with Crippen LogP contribution in [0.5, 0.6) is 11.5 Å². The smallest absolute Gasteiger partial charge is 0.132 e. The van der Waals surface area contributed by atoms with Crippen LogP contribution in [-0.2, 0) is 0 Å². The van der Waals surface area contributed by atoms with E-state index in [0.29, 0.717) is 0 Å². The quantitative estimate of drug-likeness (QED) is 0.366. The van der Waals surface area contributed by atoms with Crippen LogP contribution >= 0.6 is 22.6 Å². The van der Waals surface area contributed by atoms with E-state index in [2.05, 4.69) is 90.2 Å². The van der Waals surface area contributed by atoms with Crippen molar-refractivity contribution in [1.82, 2.24) is 0 Å². The van der Waals surface area contributed by atoms with Gasteiger partial charge < -0.3 is 9.47 Å². The number of hydrogen-bond acceptors (Lipinski definition) is 2. The maximum absolute atomic E-state index is 5.55. The van der Waals surface area contributed by atoms with Crippen LogP contribution in [0.25, 0.3) is 0 Å². The van der Waals surface area contributed by atoms with E-state index in [0.717, 1.165) is 20.6 Å². The second-order valence-electron chi connectivity index (χ2n) is 5.97. The Morgan fingerprint density at radius 2 is 1.32 bits per heavy atom. The molecular weight excluding hydrogens is 423 g/mol. The SMILES string of the molecule is COc1cc(C(c2ccccc2)c2ccc(I)c(OC)c2)ccc1C. The topological polar surface area (TPSA) is 18.5 Å². The fourth-order valence-electron chi connectivity index (χ4n) is 3.09. The van der Waals surface area contributed by atoms with Crippen LogP contribution in [0.2, 0.25) is 0 Å². The van der Waals surface area contributed by atoms with Gasteiger partial charge in [-0.05, 0) is 70.0 Å². The number of benzene rings is 3. The highest BCUT2D eigenvalue weighted by atomic mass is 127. The summed E-state index contributed by atoms with van der Waals surface area (Å²) in [5.41, 5.74) is 4.79. The number of halogens is 1. The van der Waals surface area contributed by atoms with Crippen molar-refractivity contribution >= 4 is 22.6 Å². The van der Waals surface area contributed by atoms with Gasteiger partial charge in [-0.3, -0.25) is 0 Å². The lowest BCUT2D eigenvalue weighted by atomic mass is 9.84. The highest BCUT2D eigenvalue weighted by Crippen LogP contribution is 2.36. The van der Waals surface area contributed by atoms with Crippen LogP contribution in [0.3, 0.4) is 0 Å². The fraction of sp³-hybridized carbons (Fsp3) is 0.182. The largest absolute Gasteiger partial charge is 0.496 e. The molecule has 0 N–H and O–H groups in total. The molecule has 0 saturated carbocycles. The molecule has 0 aliphatic rings. The summed E-state index contributed by atoms with van der Waals surface area (Å²) in [5, 5.41) is 0. The Morgan fingerprint density at radius 1 is 0.720 bits per heavy atom. The first kappa shape index (κ1) is 17.8. The molecule has 3 aromatic carbocycles. The van der Waals surface area contributed by atoms with E-state index in [4.69, 9.17) is 9.47 Å². The van der Waals surface area contributed by atoms with Crippen LogP contribution in [0.15, 0.2) is 66.7 Å². The molecule has 128 valence electrons. The van der Waals surface area contributed by atoms with Crippen molar-refractivity contribution in [2.24, 2.45) is 0 Å². The molecule has 0 aromatic heterocycles. The normalized spacial score (nSPS) is 11.8. The summed E-state index contributed by atoms with van der Waals surface area (Å²) in [7, 11) is 3.44. The number of ether oxygens (including phenoxy) is 2. The van der Waals surface area contributed by atoms with Gasteiger partial charge in [0.2, 0.25) is 0 Å². The minimum absolute atomic E-state index is 0.126. The van der Waals surface area contributed by atoms with Crippen LogP contribution in [0.1, 0.15) is 28.2 Å². The minimum Gasteiger partial charge on any atom is -0.496 e. The first-order chi connectivity index (χ1) is 12.1. The van der Waals surface area contributed by atoms with E-state index < -0.39 is 0 Å². The third-order valence-corrected chi connectivity index (χ3v) is 5.30. The molecule has 0 radical (unpaired) electrons. The lowest BCUT2D eigenvalue weighted by Gasteiger charge is -2.21. The Balaban J connectivity index is 2.17. The molecule has 0 aliphatic heterocycles. The molecule has 3 aromatic rings. The predicted molar refractivity (Wildman–Crippen MR) is 111 cm³/mol. The van der Waals surface area contributed by atoms with E-state index in [1.807, 2.05) is 6.07 Å². The van der Waals surface area contributed by atoms with Crippen molar-refractivity contribution in [3.63, 3.8) is 0 Å². The second kappa shape index (κ2) is 7.91. The molecule has 1 unspecified atom stereocenters. The number of methoxy groups -OCH3 is 2. The molecule has 0 spiro atoms. The summed E-state index contributed by atoms with van der Waals surface area (Å²) in [5.74, 6) is 1.94. The van der Waals surface area contributed by atoms with Crippen LogP contribution < -0.4 is 9.47 Å². The maximum Gasteiger partial charge on any atom is 0.132 e. The number of hydrogen-bond donors (Lipinski definition) is 0. The van der Waals surface area contributed by atoms with E-state index in [9.17, 15) is 0 Å². The second-order valence-corrected chi connectivity index (χ2v) is 7.13. The third-order valence-electron chi connectivity index (χ3n) is 4.41. The highest BCUT2D eigenvalue weighted by Gasteiger charge is 2.19. The Bertz CT molecular complexity index is 806. The predicted octanol–water partition coefficient (Wildman–Crippen LogP) is 5.80. The summed E-state index contributed by atoms with van der Waals surface area (Å²) in [6.45, 7) is 2.06. The van der Waals surface area contributed by atoms with Crippen molar-refractivity contribution in [2.45, 2.75) is 12.8 Å². The van der Waals surface area contributed by atoms with Crippen molar-refractivity contribution < 1.29 is 9.47 Å². The molecule has 0 fully saturated rings. The van der Waals surface area contributed by atoms with E-state index in [-0.39, 0.29) is 5.92 Å². The maximum atomic E-state index is 5.55. The molecule has 1 atom stereocenters. The molecule has 0 saturated heterocycles. The zero-order valence-corrected chi connectivity index (χ0v) is 16.8. The van der Waals surface area contributed by atoms with Crippen LogP contribution in [0, 0.1) is 10.5 Å². The average Bonchev–Trinajstić information content (AvgIpc) is 2.65. The number of aryl methyl sites for hydroxylation is 1. The van der Waals surface area contributed by atoms with Gasteiger partial charge >= 0.3 is 0 Å². The summed E-state index contributed by atoms with van der Waals surface area (Å²) in [4.78, 5) is 0. The van der Waals surface area contributed by atoms with Crippen molar-refractivity contribution in [1.29, 1.82) is 0 Å². The van der Waals surface area contributed by atoms with Gasteiger partial charge in [0.1, 0.15) is 11.5 Å². The molecular formula is C22H21IO2. The van der Waals surface area contributed by atoms with Gasteiger partial charge in [0.05, 0.1) is 17.8 Å². The Morgan fingerprint density at radius 3 is 1.96 bits per heavy atom. The molecule has 2 nitrogen and oxygen atoms in total. The van der Waals surface area contributed by atoms with Gasteiger partial charge in [-0.25, -0.2) is 0 Å². The van der Waals surface area contributed by atoms with Gasteiger partial charge in [0, 0.05) is 5.92 Å². The highest BCUT2D eigenvalue weighted by molar-refractivity contribution is 14.1. The molecule has 0 heterocycles. The third kappa shape index (κ3) is 3.82. The zero-order chi connectivity index (χ0) is 17.8. The molecule has 0 amide bonds. The molecule has 0 bridgehead atoms. The monoisotopic (exact) mass is 444 g/mol. The Kier molecular flexibility index (Phi) is 5.63. The van der Waals surface area contributed by atoms with Crippen LogP contribution in [0.4, 0.5) is 0 Å². The van der Waals surface area contributed by atoms with E-state index in [1.54, 1.807) is 14.2 Å². The molecule has 3 rings (SSSR count). The first-order valence-electron chi connectivity index (χ1n) is 8.17. The lowest BCUT2D eigenvalue weighted by Crippen LogP contribution is -2.05. The summed E-state index contributed by atoms with van der Waals surface area (Å²) in [6.07, 6.45) is 0. The minimum atomic E-state index is 0.126. The van der Waals surface area contributed by atoms with Gasteiger partial charge in [-0.2, -0.15) is 0 Å². The van der Waals surface area contributed by atoms with Gasteiger partial charge in [-0.15, -0.1) is 0 Å². The fourth-order valence-corrected chi connectivity index (χ4v) is 3.65. The van der Waals surface area contributed by atoms with Gasteiger partial charge in [-0.1, -0.05) is 48.5 Å². The van der Waals surface area contributed by atoms with Crippen molar-refractivity contribution in [3.8, 4) is 11.5 Å². The number of rotatable bonds is 5. The molecule has 0 aliphatic carbocycles. The van der Waals surface area contributed by atoms with E-state index in [1.165, 1.54) is 16.7 Å². The lowest BCUT2D eigenvalue weighted by molar-refractivity contribution is 0.410. The van der Waals surface area contributed by atoms with Gasteiger partial charge in [0.25, 0.3) is 0 Å². The van der Waals surface area contributed by atoms with Gasteiger partial charge in [0.15, 0.2) is 0 Å². The summed E-state index contributed by atoms with van der Waals surface area (Å²) < 4.78 is 12.2. The summed E-state index contributed by atoms with van der Waals surface area (Å²) >= 11 is 2.30. The Labute approximate surface area is 162 Å². The van der Waals surface area contributed by atoms with Crippen molar-refractivity contribution in [3.05, 3.63) is 92.6 Å². The zero-order valence-electron chi connectivity index (χ0n) is 14.6. The Hall–Kier alpha value is -2.01. The van der Waals surface area contributed by atoms with Crippen LogP contribution in [-0.4, -0.2) is 14.2 Å². The summed E-state index contributed by atoms with van der Waals surface area (Å²) in [6, 6.07) is 23.4. The molecule has 3 heteroatoms. The standard InChI is InChI=1S/C22H21IO2/c1-15-9-10-17(13-20(15)24-2)22(16-7-5-4-6-8-16)18-11-12-19(23)21(14-18)25-3/h4-14,22H,1-3H3. The molecule has 25 heavy (non-hydrogen) atoms.